The standard InChI is InChI=1S/C11H11BrN2/c1-8-7-14(2)13-11(8)9-4-3-5-10(12)6-9/h3-7H,1-2H3. The summed E-state index contributed by atoms with van der Waals surface area (Å²) in [6.07, 6.45) is 2.02. The van der Waals surface area contributed by atoms with E-state index in [1.54, 1.807) is 0 Å². The summed E-state index contributed by atoms with van der Waals surface area (Å²) >= 11 is 3.46. The fraction of sp³-hybridized carbons (Fsp3) is 0.182. The number of aromatic nitrogens is 2. The fourth-order valence-corrected chi connectivity index (χ4v) is 1.93. The lowest BCUT2D eigenvalue weighted by Gasteiger charge is -1.98. The summed E-state index contributed by atoms with van der Waals surface area (Å²) in [6, 6.07) is 8.19. The van der Waals surface area contributed by atoms with Crippen LogP contribution in [0.3, 0.4) is 0 Å². The molecule has 0 radical (unpaired) electrons. The zero-order valence-corrected chi connectivity index (χ0v) is 9.75. The minimum absolute atomic E-state index is 1.05. The van der Waals surface area contributed by atoms with Crippen LogP contribution in [-0.2, 0) is 7.05 Å². The maximum Gasteiger partial charge on any atom is 0.0952 e. The second kappa shape index (κ2) is 3.58. The topological polar surface area (TPSA) is 17.8 Å². The van der Waals surface area contributed by atoms with E-state index in [0.717, 1.165) is 15.7 Å². The van der Waals surface area contributed by atoms with Crippen LogP contribution in [0.1, 0.15) is 5.56 Å². The van der Waals surface area contributed by atoms with Crippen LogP contribution in [0.25, 0.3) is 11.3 Å². The van der Waals surface area contributed by atoms with Crippen LogP contribution in [0.4, 0.5) is 0 Å². The molecular formula is C11H11BrN2. The van der Waals surface area contributed by atoms with E-state index in [9.17, 15) is 0 Å². The van der Waals surface area contributed by atoms with E-state index >= 15 is 0 Å². The molecule has 72 valence electrons. The van der Waals surface area contributed by atoms with Gasteiger partial charge in [-0.1, -0.05) is 28.1 Å². The molecule has 1 aromatic heterocycles. The van der Waals surface area contributed by atoms with Gasteiger partial charge >= 0.3 is 0 Å². The second-order valence-corrected chi connectivity index (χ2v) is 4.26. The number of benzene rings is 1. The molecule has 0 bridgehead atoms. The van der Waals surface area contributed by atoms with Crippen LogP contribution in [0, 0.1) is 6.92 Å². The number of nitrogens with zero attached hydrogens (tertiary/aromatic N) is 2. The largest absolute Gasteiger partial charge is 0.275 e. The molecule has 0 fully saturated rings. The van der Waals surface area contributed by atoms with Gasteiger partial charge in [0.05, 0.1) is 5.69 Å². The highest BCUT2D eigenvalue weighted by Gasteiger charge is 2.05. The smallest absolute Gasteiger partial charge is 0.0952 e. The van der Waals surface area contributed by atoms with E-state index < -0.39 is 0 Å². The zero-order chi connectivity index (χ0) is 10.1. The van der Waals surface area contributed by atoms with Gasteiger partial charge in [0, 0.05) is 23.3 Å². The normalized spacial score (nSPS) is 10.5. The average Bonchev–Trinajstić information content (AvgIpc) is 2.45. The van der Waals surface area contributed by atoms with Crippen molar-refractivity contribution in [3.8, 4) is 11.3 Å². The van der Waals surface area contributed by atoms with Crippen molar-refractivity contribution in [3.05, 3.63) is 40.5 Å². The third kappa shape index (κ3) is 1.73. The van der Waals surface area contributed by atoms with Crippen molar-refractivity contribution < 1.29 is 0 Å². The van der Waals surface area contributed by atoms with Gasteiger partial charge in [-0.05, 0) is 24.6 Å². The van der Waals surface area contributed by atoms with Crippen molar-refractivity contribution in [2.24, 2.45) is 7.05 Å². The minimum Gasteiger partial charge on any atom is -0.275 e. The molecule has 0 N–H and O–H groups in total. The molecule has 0 aliphatic carbocycles. The van der Waals surface area contributed by atoms with Crippen LogP contribution < -0.4 is 0 Å². The molecule has 0 unspecified atom stereocenters. The van der Waals surface area contributed by atoms with Gasteiger partial charge in [0.15, 0.2) is 0 Å². The summed E-state index contributed by atoms with van der Waals surface area (Å²) in [5.74, 6) is 0. The molecule has 1 aromatic carbocycles. The zero-order valence-electron chi connectivity index (χ0n) is 8.16. The molecule has 0 saturated heterocycles. The van der Waals surface area contributed by atoms with E-state index in [4.69, 9.17) is 0 Å². The second-order valence-electron chi connectivity index (χ2n) is 3.34. The summed E-state index contributed by atoms with van der Waals surface area (Å²) < 4.78 is 2.92. The van der Waals surface area contributed by atoms with Crippen LogP contribution in [0.15, 0.2) is 34.9 Å². The Morgan fingerprint density at radius 1 is 1.36 bits per heavy atom. The highest BCUT2D eigenvalue weighted by molar-refractivity contribution is 9.10. The Morgan fingerprint density at radius 2 is 2.14 bits per heavy atom. The van der Waals surface area contributed by atoms with E-state index in [1.807, 2.05) is 30.1 Å². The van der Waals surface area contributed by atoms with Crippen molar-refractivity contribution >= 4 is 15.9 Å². The molecule has 0 aliphatic rings. The maximum atomic E-state index is 4.42. The van der Waals surface area contributed by atoms with Gasteiger partial charge in [-0.3, -0.25) is 4.68 Å². The Kier molecular flexibility index (Phi) is 2.42. The highest BCUT2D eigenvalue weighted by atomic mass is 79.9. The van der Waals surface area contributed by atoms with Crippen LogP contribution in [0.2, 0.25) is 0 Å². The molecule has 0 saturated carbocycles. The predicted octanol–water partition coefficient (Wildman–Crippen LogP) is 3.16. The number of aryl methyl sites for hydroxylation is 2. The molecule has 2 nitrogen and oxygen atoms in total. The molecule has 1 heterocycles. The lowest BCUT2D eigenvalue weighted by Crippen LogP contribution is -1.87. The number of rotatable bonds is 1. The molecule has 0 atom stereocenters. The van der Waals surface area contributed by atoms with Gasteiger partial charge in [-0.15, -0.1) is 0 Å². The Balaban J connectivity index is 2.54. The molecule has 3 heteroatoms. The lowest BCUT2D eigenvalue weighted by atomic mass is 10.1. The molecule has 2 aromatic rings. The summed E-state index contributed by atoms with van der Waals surface area (Å²) in [4.78, 5) is 0. The van der Waals surface area contributed by atoms with E-state index in [1.165, 1.54) is 5.56 Å². The van der Waals surface area contributed by atoms with Crippen molar-refractivity contribution in [2.45, 2.75) is 6.92 Å². The van der Waals surface area contributed by atoms with Crippen molar-refractivity contribution in [1.29, 1.82) is 0 Å². The van der Waals surface area contributed by atoms with E-state index in [-0.39, 0.29) is 0 Å². The molecule has 0 amide bonds. The molecule has 2 rings (SSSR count). The van der Waals surface area contributed by atoms with Crippen molar-refractivity contribution in [1.82, 2.24) is 9.78 Å². The first-order valence-corrected chi connectivity index (χ1v) is 5.22. The number of hydrogen-bond acceptors (Lipinski definition) is 1. The lowest BCUT2D eigenvalue weighted by molar-refractivity contribution is 0.770. The van der Waals surface area contributed by atoms with Gasteiger partial charge in [0.25, 0.3) is 0 Å². The van der Waals surface area contributed by atoms with Crippen LogP contribution >= 0.6 is 15.9 Å². The minimum atomic E-state index is 1.05. The SMILES string of the molecule is Cc1cn(C)nc1-c1cccc(Br)c1. The first-order chi connectivity index (χ1) is 6.66. The molecular weight excluding hydrogens is 240 g/mol. The van der Waals surface area contributed by atoms with Gasteiger partial charge in [-0.25, -0.2) is 0 Å². The van der Waals surface area contributed by atoms with Crippen molar-refractivity contribution in [2.75, 3.05) is 0 Å². The third-order valence-electron chi connectivity index (χ3n) is 2.11. The summed E-state index contributed by atoms with van der Waals surface area (Å²) in [5, 5.41) is 4.42. The Labute approximate surface area is 91.7 Å². The monoisotopic (exact) mass is 250 g/mol. The van der Waals surface area contributed by atoms with Gasteiger partial charge < -0.3 is 0 Å². The molecule has 0 spiro atoms. The highest BCUT2D eigenvalue weighted by Crippen LogP contribution is 2.23. The van der Waals surface area contributed by atoms with E-state index in [2.05, 4.69) is 40.1 Å². The van der Waals surface area contributed by atoms with Gasteiger partial charge in [-0.2, -0.15) is 5.10 Å². The average molecular weight is 251 g/mol. The van der Waals surface area contributed by atoms with Crippen LogP contribution in [-0.4, -0.2) is 9.78 Å². The summed E-state index contributed by atoms with van der Waals surface area (Å²) in [5.41, 5.74) is 3.40. The first kappa shape index (κ1) is 9.46. The summed E-state index contributed by atoms with van der Waals surface area (Å²) in [6.45, 7) is 2.07. The quantitative estimate of drug-likeness (QED) is 0.761. The maximum absolute atomic E-state index is 4.42. The first-order valence-electron chi connectivity index (χ1n) is 4.43. The Morgan fingerprint density at radius 3 is 2.71 bits per heavy atom. The van der Waals surface area contributed by atoms with Gasteiger partial charge in [0.2, 0.25) is 0 Å². The number of hydrogen-bond donors (Lipinski definition) is 0. The summed E-state index contributed by atoms with van der Waals surface area (Å²) in [7, 11) is 1.94. The van der Waals surface area contributed by atoms with Crippen LogP contribution in [0.5, 0.6) is 0 Å². The van der Waals surface area contributed by atoms with E-state index in [0.29, 0.717) is 0 Å². The fourth-order valence-electron chi connectivity index (χ4n) is 1.53. The molecule has 14 heavy (non-hydrogen) atoms. The molecule has 0 aliphatic heterocycles. The van der Waals surface area contributed by atoms with Gasteiger partial charge in [0.1, 0.15) is 0 Å². The third-order valence-corrected chi connectivity index (χ3v) is 2.60. The number of halogens is 1. The predicted molar refractivity (Wildman–Crippen MR) is 61.1 cm³/mol. The van der Waals surface area contributed by atoms with Crippen molar-refractivity contribution in [3.63, 3.8) is 0 Å². The Bertz CT molecular complexity index is 460. The Hall–Kier alpha value is -1.09.